The predicted octanol–water partition coefficient (Wildman–Crippen LogP) is 4.33. The monoisotopic (exact) mass is 400 g/mol. The van der Waals surface area contributed by atoms with Crippen molar-refractivity contribution in [1.82, 2.24) is 25.3 Å². The molecule has 2 N–H and O–H groups in total. The number of alkyl carbamates (subject to hydrolysis) is 1. The largest absolute Gasteiger partial charge is 0.444 e. The predicted molar refractivity (Wildman–Crippen MR) is 112 cm³/mol. The van der Waals surface area contributed by atoms with Gasteiger partial charge in [0.1, 0.15) is 11.4 Å². The van der Waals surface area contributed by atoms with Crippen molar-refractivity contribution < 1.29 is 9.53 Å². The first kappa shape index (κ1) is 21.1. The van der Waals surface area contributed by atoms with Gasteiger partial charge in [-0.3, -0.25) is 0 Å². The van der Waals surface area contributed by atoms with E-state index < -0.39 is 5.60 Å². The lowest BCUT2D eigenvalue weighted by molar-refractivity contribution is 0.0505. The molecule has 0 saturated heterocycles. The molecule has 158 valence electrons. The van der Waals surface area contributed by atoms with Crippen LogP contribution in [0.25, 0.3) is 0 Å². The summed E-state index contributed by atoms with van der Waals surface area (Å²) in [5.74, 6) is 1.22. The molecule has 1 amide bonds. The molecular weight excluding hydrogens is 368 g/mol. The summed E-state index contributed by atoms with van der Waals surface area (Å²) < 4.78 is 7.40. The Morgan fingerprint density at radius 3 is 2.55 bits per heavy atom. The summed E-state index contributed by atoms with van der Waals surface area (Å²) in [7, 11) is 0. The second-order valence-electron chi connectivity index (χ2n) is 9.65. The Labute approximate surface area is 172 Å². The summed E-state index contributed by atoms with van der Waals surface area (Å²) in [5, 5.41) is 19.1. The third-order valence-corrected chi connectivity index (χ3v) is 4.79. The highest BCUT2D eigenvalue weighted by Gasteiger charge is 2.31. The van der Waals surface area contributed by atoms with Crippen LogP contribution in [0.1, 0.15) is 72.4 Å². The van der Waals surface area contributed by atoms with Crippen molar-refractivity contribution in [1.29, 1.82) is 0 Å². The van der Waals surface area contributed by atoms with Crippen LogP contribution in [0.2, 0.25) is 0 Å². The molecule has 2 heterocycles. The highest BCUT2D eigenvalue weighted by Crippen LogP contribution is 2.36. The standard InChI is InChI=1S/C21H32N6O2/c1-20(2,3)27-18(24-16-9-10-22-23-13-16)12-17(26-27)14-7-8-15(11-14)25-19(28)29-21(4,5)6/h9-10,12-15H,7-8,11H2,1-6H3,(H,22,24)(H,25,28)/t14-,15+/m0/s1. The van der Waals surface area contributed by atoms with Gasteiger partial charge in [-0.1, -0.05) is 0 Å². The summed E-state index contributed by atoms with van der Waals surface area (Å²) >= 11 is 0. The van der Waals surface area contributed by atoms with Crippen molar-refractivity contribution in [3.8, 4) is 0 Å². The molecule has 1 saturated carbocycles. The highest BCUT2D eigenvalue weighted by atomic mass is 16.6. The first-order chi connectivity index (χ1) is 13.5. The summed E-state index contributed by atoms with van der Waals surface area (Å²) in [6, 6.07) is 4.09. The molecule has 2 aromatic heterocycles. The summed E-state index contributed by atoms with van der Waals surface area (Å²) in [4.78, 5) is 12.1. The van der Waals surface area contributed by atoms with E-state index in [1.54, 1.807) is 12.4 Å². The van der Waals surface area contributed by atoms with Crippen LogP contribution < -0.4 is 10.6 Å². The van der Waals surface area contributed by atoms with E-state index >= 15 is 0 Å². The minimum absolute atomic E-state index is 0.107. The fourth-order valence-electron chi connectivity index (χ4n) is 3.57. The maximum atomic E-state index is 12.1. The van der Waals surface area contributed by atoms with Crippen molar-refractivity contribution in [2.24, 2.45) is 0 Å². The van der Waals surface area contributed by atoms with Gasteiger partial charge in [-0.25, -0.2) is 9.48 Å². The molecule has 8 heteroatoms. The molecule has 2 atom stereocenters. The highest BCUT2D eigenvalue weighted by molar-refractivity contribution is 5.68. The first-order valence-corrected chi connectivity index (χ1v) is 10.1. The maximum absolute atomic E-state index is 12.1. The van der Waals surface area contributed by atoms with Crippen LogP contribution in [0.5, 0.6) is 0 Å². The zero-order chi connectivity index (χ0) is 21.2. The molecular formula is C21H32N6O2. The Morgan fingerprint density at radius 2 is 1.93 bits per heavy atom. The van der Waals surface area contributed by atoms with Gasteiger partial charge in [0.2, 0.25) is 0 Å². The Morgan fingerprint density at radius 1 is 1.17 bits per heavy atom. The number of carbonyl (C=O) groups excluding carboxylic acids is 1. The van der Waals surface area contributed by atoms with E-state index in [0.29, 0.717) is 5.92 Å². The third kappa shape index (κ3) is 5.68. The Bertz CT molecular complexity index is 835. The van der Waals surface area contributed by atoms with Crippen molar-refractivity contribution in [3.63, 3.8) is 0 Å². The van der Waals surface area contributed by atoms with Gasteiger partial charge < -0.3 is 15.4 Å². The van der Waals surface area contributed by atoms with Crippen molar-refractivity contribution in [3.05, 3.63) is 30.2 Å². The van der Waals surface area contributed by atoms with E-state index in [1.165, 1.54) is 0 Å². The average Bonchev–Trinajstić information content (AvgIpc) is 3.20. The quantitative estimate of drug-likeness (QED) is 0.793. The number of ether oxygens (including phenoxy) is 1. The molecule has 8 nitrogen and oxygen atoms in total. The number of aromatic nitrogens is 4. The van der Waals surface area contributed by atoms with Crippen LogP contribution in [0.15, 0.2) is 24.5 Å². The van der Waals surface area contributed by atoms with E-state index in [1.807, 2.05) is 31.5 Å². The maximum Gasteiger partial charge on any atom is 0.407 e. The van der Waals surface area contributed by atoms with Crippen molar-refractivity contribution >= 4 is 17.6 Å². The summed E-state index contributed by atoms with van der Waals surface area (Å²) in [6.45, 7) is 12.0. The Kier molecular flexibility index (Phi) is 5.82. The second-order valence-corrected chi connectivity index (χ2v) is 9.65. The van der Waals surface area contributed by atoms with E-state index in [-0.39, 0.29) is 17.7 Å². The topological polar surface area (TPSA) is 94.0 Å². The number of carbonyl (C=O) groups is 1. The van der Waals surface area contributed by atoms with Gasteiger partial charge in [0, 0.05) is 18.0 Å². The van der Waals surface area contributed by atoms with Crippen LogP contribution in [0.4, 0.5) is 16.3 Å². The Balaban J connectivity index is 1.72. The average molecular weight is 401 g/mol. The van der Waals surface area contributed by atoms with Gasteiger partial charge >= 0.3 is 6.09 Å². The fourth-order valence-corrected chi connectivity index (χ4v) is 3.57. The summed E-state index contributed by atoms with van der Waals surface area (Å²) in [5.41, 5.74) is 1.25. The molecule has 0 unspecified atom stereocenters. The molecule has 2 aromatic rings. The number of hydrogen-bond donors (Lipinski definition) is 2. The molecule has 0 aromatic carbocycles. The lowest BCUT2D eigenvalue weighted by atomic mass is 10.0. The Hall–Kier alpha value is -2.64. The number of rotatable bonds is 4. The molecule has 29 heavy (non-hydrogen) atoms. The minimum atomic E-state index is -0.490. The molecule has 0 bridgehead atoms. The molecule has 0 spiro atoms. The van der Waals surface area contributed by atoms with Gasteiger partial charge in [0.15, 0.2) is 0 Å². The van der Waals surface area contributed by atoms with E-state index in [9.17, 15) is 4.79 Å². The first-order valence-electron chi connectivity index (χ1n) is 10.1. The molecule has 1 aliphatic carbocycles. The van der Waals surface area contributed by atoms with Crippen LogP contribution >= 0.6 is 0 Å². The number of amides is 1. The lowest BCUT2D eigenvalue weighted by Crippen LogP contribution is -2.37. The zero-order valence-electron chi connectivity index (χ0n) is 18.2. The molecule has 3 rings (SSSR count). The van der Waals surface area contributed by atoms with E-state index in [2.05, 4.69) is 47.7 Å². The van der Waals surface area contributed by atoms with Crippen LogP contribution in [-0.2, 0) is 10.3 Å². The van der Waals surface area contributed by atoms with Gasteiger partial charge in [-0.05, 0) is 66.9 Å². The van der Waals surface area contributed by atoms with Crippen molar-refractivity contribution in [2.75, 3.05) is 5.32 Å². The van der Waals surface area contributed by atoms with Crippen molar-refractivity contribution in [2.45, 2.75) is 83.9 Å². The molecule has 0 aliphatic heterocycles. The van der Waals surface area contributed by atoms with E-state index in [4.69, 9.17) is 9.84 Å². The zero-order valence-corrected chi connectivity index (χ0v) is 18.2. The number of anilines is 2. The number of nitrogens with zero attached hydrogens (tertiary/aromatic N) is 4. The third-order valence-electron chi connectivity index (χ3n) is 4.79. The molecule has 1 aliphatic rings. The van der Waals surface area contributed by atoms with Crippen LogP contribution in [0, 0.1) is 0 Å². The normalized spacial score (nSPS) is 19.8. The summed E-state index contributed by atoms with van der Waals surface area (Å²) in [6.07, 6.45) is 5.76. The lowest BCUT2D eigenvalue weighted by Gasteiger charge is -2.22. The van der Waals surface area contributed by atoms with Crippen LogP contribution in [0.3, 0.4) is 0 Å². The second kappa shape index (κ2) is 8.00. The van der Waals surface area contributed by atoms with Gasteiger partial charge in [-0.2, -0.15) is 15.3 Å². The number of hydrogen-bond acceptors (Lipinski definition) is 6. The fraction of sp³-hybridized carbons (Fsp3) is 0.619. The van der Waals surface area contributed by atoms with Crippen LogP contribution in [-0.4, -0.2) is 37.7 Å². The van der Waals surface area contributed by atoms with Gasteiger partial charge in [0.05, 0.1) is 29.3 Å². The number of nitrogens with one attached hydrogen (secondary N) is 2. The van der Waals surface area contributed by atoms with Gasteiger partial charge in [0.25, 0.3) is 0 Å². The molecule has 1 fully saturated rings. The smallest absolute Gasteiger partial charge is 0.407 e. The van der Waals surface area contributed by atoms with E-state index in [0.717, 1.165) is 36.5 Å². The van der Waals surface area contributed by atoms with Gasteiger partial charge in [-0.15, -0.1) is 0 Å². The molecule has 0 radical (unpaired) electrons. The SMILES string of the molecule is CC(C)(C)OC(=O)N[C@@H]1CC[C@H](c2cc(Nc3ccnnc3)n(C(C)(C)C)n2)C1. The minimum Gasteiger partial charge on any atom is -0.444 e.